The molecule has 0 spiro atoms. The molecule has 0 heterocycles. The van der Waals surface area contributed by atoms with Gasteiger partial charge in [-0.25, -0.2) is 0 Å². The predicted octanol–water partition coefficient (Wildman–Crippen LogP) is 17.4. The van der Waals surface area contributed by atoms with Crippen LogP contribution in [0.1, 0.15) is 49.7 Å². The van der Waals surface area contributed by atoms with Crippen LogP contribution in [0.2, 0.25) is 0 Å². The first-order valence-electron chi connectivity index (χ1n) is 24.6. The number of rotatable bonds is 11. The number of hydrogen-bond acceptors (Lipinski definition) is 3. The Morgan fingerprint density at radius 2 is 1.07 bits per heavy atom. The van der Waals surface area contributed by atoms with Gasteiger partial charge >= 0.3 is 0 Å². The van der Waals surface area contributed by atoms with E-state index in [-0.39, 0.29) is 0 Å². The summed E-state index contributed by atoms with van der Waals surface area (Å²) in [5.74, 6) is 0.976. The highest BCUT2D eigenvalue weighted by atomic mass is 15.2. The zero-order valence-electron chi connectivity index (χ0n) is 38.5. The Balaban J connectivity index is 0.821. The van der Waals surface area contributed by atoms with Crippen LogP contribution in [-0.4, -0.2) is 0 Å². The third-order valence-electron chi connectivity index (χ3n) is 14.3. The largest absolute Gasteiger partial charge is 0.314 e. The fraction of sp³-hybridized carbons (Fsp3) is 0.138. The van der Waals surface area contributed by atoms with Gasteiger partial charge in [0.1, 0.15) is 0 Å². The summed E-state index contributed by atoms with van der Waals surface area (Å²) in [6.07, 6.45) is 33.7. The van der Waals surface area contributed by atoms with Crippen molar-refractivity contribution in [2.45, 2.75) is 44.9 Å². The van der Waals surface area contributed by atoms with Crippen molar-refractivity contribution in [2.75, 3.05) is 14.7 Å². The Hall–Kier alpha value is -7.88. The van der Waals surface area contributed by atoms with Gasteiger partial charge in [0.05, 0.1) is 11.4 Å². The molecule has 330 valence electrons. The van der Waals surface area contributed by atoms with Crippen LogP contribution in [0.5, 0.6) is 0 Å². The molecule has 3 nitrogen and oxygen atoms in total. The SMILES string of the molecule is C1=CC(N(C2=CC=C(C3=CCC=C(N(c4ccccc4)c4cccc5ccccc45)C=C3)C3CC23)c2ccc(-c3ccc(N(c4ccccc4)c4cccc5c4C=CCCC5)cc3)cc2)=CCC1. The van der Waals surface area contributed by atoms with Crippen molar-refractivity contribution >= 4 is 51.0 Å². The van der Waals surface area contributed by atoms with Gasteiger partial charge in [0.25, 0.3) is 0 Å². The van der Waals surface area contributed by atoms with E-state index in [1.807, 2.05) is 0 Å². The third-order valence-corrected chi connectivity index (χ3v) is 14.3. The number of para-hydroxylation sites is 2. The zero-order valence-corrected chi connectivity index (χ0v) is 38.5. The van der Waals surface area contributed by atoms with Crippen LogP contribution in [-0.2, 0) is 6.42 Å². The van der Waals surface area contributed by atoms with Gasteiger partial charge in [-0.1, -0.05) is 158 Å². The lowest BCUT2D eigenvalue weighted by molar-refractivity contribution is 0.825. The molecule has 1 saturated carbocycles. The summed E-state index contributed by atoms with van der Waals surface area (Å²) in [4.78, 5) is 7.37. The Kier molecular flexibility index (Phi) is 11.3. The summed E-state index contributed by atoms with van der Waals surface area (Å²) < 4.78 is 0. The van der Waals surface area contributed by atoms with Gasteiger partial charge in [0.2, 0.25) is 0 Å². The summed E-state index contributed by atoms with van der Waals surface area (Å²) in [5, 5.41) is 2.49. The molecular formula is C65H55N3. The minimum atomic E-state index is 0.475. The van der Waals surface area contributed by atoms with Crippen molar-refractivity contribution in [3.8, 4) is 11.1 Å². The van der Waals surface area contributed by atoms with Crippen molar-refractivity contribution in [3.63, 3.8) is 0 Å². The highest BCUT2D eigenvalue weighted by molar-refractivity contribution is 5.97. The van der Waals surface area contributed by atoms with Gasteiger partial charge < -0.3 is 14.7 Å². The lowest BCUT2D eigenvalue weighted by Crippen LogP contribution is -2.24. The van der Waals surface area contributed by atoms with E-state index < -0.39 is 0 Å². The molecule has 68 heavy (non-hydrogen) atoms. The van der Waals surface area contributed by atoms with Gasteiger partial charge in [-0.2, -0.15) is 0 Å². The molecule has 0 amide bonds. The molecular weight excluding hydrogens is 823 g/mol. The molecule has 7 aromatic carbocycles. The lowest BCUT2D eigenvalue weighted by Gasteiger charge is -2.32. The van der Waals surface area contributed by atoms with E-state index in [9.17, 15) is 0 Å². The highest BCUT2D eigenvalue weighted by Crippen LogP contribution is 2.56. The molecule has 12 rings (SSSR count). The molecule has 0 saturated heterocycles. The number of aryl methyl sites for hydroxylation is 1. The number of benzene rings is 7. The van der Waals surface area contributed by atoms with E-state index in [1.54, 1.807) is 0 Å². The Bertz CT molecular complexity index is 3250. The summed E-state index contributed by atoms with van der Waals surface area (Å²) in [5.41, 5.74) is 18.9. The number of anilines is 6. The first kappa shape index (κ1) is 41.5. The van der Waals surface area contributed by atoms with Crippen LogP contribution >= 0.6 is 0 Å². The average molecular weight is 878 g/mol. The van der Waals surface area contributed by atoms with Gasteiger partial charge in [-0.15, -0.1) is 0 Å². The first-order chi connectivity index (χ1) is 33.7. The summed E-state index contributed by atoms with van der Waals surface area (Å²) >= 11 is 0. The maximum atomic E-state index is 2.54. The molecule has 3 heteroatoms. The fourth-order valence-electron chi connectivity index (χ4n) is 10.9. The van der Waals surface area contributed by atoms with Crippen LogP contribution in [0.15, 0.2) is 259 Å². The minimum Gasteiger partial charge on any atom is -0.314 e. The van der Waals surface area contributed by atoms with Crippen LogP contribution in [0, 0.1) is 11.8 Å². The van der Waals surface area contributed by atoms with Crippen molar-refractivity contribution in [1.29, 1.82) is 0 Å². The van der Waals surface area contributed by atoms with E-state index >= 15 is 0 Å². The molecule has 0 aliphatic heterocycles. The molecule has 1 fully saturated rings. The minimum absolute atomic E-state index is 0.475. The maximum Gasteiger partial charge on any atom is 0.0539 e. The average Bonchev–Trinajstić information content (AvgIpc) is 4.27. The lowest BCUT2D eigenvalue weighted by atomic mass is 9.93. The summed E-state index contributed by atoms with van der Waals surface area (Å²) in [6.45, 7) is 0. The van der Waals surface area contributed by atoms with E-state index in [0.717, 1.165) is 55.6 Å². The first-order valence-corrected chi connectivity index (χ1v) is 24.6. The Morgan fingerprint density at radius 3 is 1.84 bits per heavy atom. The van der Waals surface area contributed by atoms with Gasteiger partial charge in [0.15, 0.2) is 0 Å². The second-order valence-corrected chi connectivity index (χ2v) is 18.5. The molecule has 0 bridgehead atoms. The molecule has 0 radical (unpaired) electrons. The van der Waals surface area contributed by atoms with Gasteiger partial charge in [0, 0.05) is 56.7 Å². The van der Waals surface area contributed by atoms with Crippen LogP contribution in [0.4, 0.5) is 34.1 Å². The standard InChI is InChI=1S/C65H55N3/c1-5-18-49-21-16-33-64(59(49)30-12-1)67(53-25-8-3-9-26-53)56-39-34-47(35-40-56)48-36-41-57(42-37-48)68(54-27-10-4-11-28-54)65-45-44-58(61-46-62(61)65)51-20-15-29-55(43-38-51)66(52-23-6-2-7-24-52)63-32-17-22-50-19-13-14-31-60(50)63/h2-3,6-10,12-14,16-17,19-45,61-62H,1,4-5,11,15,18,46H2. The van der Waals surface area contributed by atoms with Crippen molar-refractivity contribution in [3.05, 3.63) is 270 Å². The number of hydrogen-bond donors (Lipinski definition) is 0. The topological polar surface area (TPSA) is 9.72 Å². The van der Waals surface area contributed by atoms with Crippen molar-refractivity contribution in [1.82, 2.24) is 0 Å². The highest BCUT2D eigenvalue weighted by Gasteiger charge is 2.47. The third kappa shape index (κ3) is 8.09. The number of fused-ring (bicyclic) bond motifs is 3. The second-order valence-electron chi connectivity index (χ2n) is 18.5. The quantitative estimate of drug-likeness (QED) is 0.128. The van der Waals surface area contributed by atoms with Crippen LogP contribution < -0.4 is 14.7 Å². The maximum absolute atomic E-state index is 2.54. The molecule has 5 aliphatic carbocycles. The van der Waals surface area contributed by atoms with Crippen molar-refractivity contribution < 1.29 is 0 Å². The molecule has 5 aliphatic rings. The predicted molar refractivity (Wildman–Crippen MR) is 288 cm³/mol. The Morgan fingerprint density at radius 1 is 0.426 bits per heavy atom. The van der Waals surface area contributed by atoms with Crippen LogP contribution in [0.25, 0.3) is 28.0 Å². The molecule has 2 unspecified atom stereocenters. The van der Waals surface area contributed by atoms with E-state index in [0.29, 0.717) is 11.8 Å². The number of allylic oxidation sites excluding steroid dienone is 13. The monoisotopic (exact) mass is 877 g/mol. The van der Waals surface area contributed by atoms with Crippen LogP contribution in [0.3, 0.4) is 0 Å². The smallest absolute Gasteiger partial charge is 0.0539 e. The van der Waals surface area contributed by atoms with Crippen molar-refractivity contribution in [2.24, 2.45) is 11.8 Å². The summed E-state index contributed by atoms with van der Waals surface area (Å²) in [7, 11) is 0. The van der Waals surface area contributed by atoms with E-state index in [4.69, 9.17) is 0 Å². The zero-order chi connectivity index (χ0) is 45.2. The van der Waals surface area contributed by atoms with E-state index in [2.05, 4.69) is 251 Å². The molecule has 0 aromatic heterocycles. The Labute approximate surface area is 401 Å². The van der Waals surface area contributed by atoms with Gasteiger partial charge in [-0.05, 0) is 163 Å². The number of nitrogens with zero attached hydrogens (tertiary/aromatic N) is 3. The molecule has 0 N–H and O–H groups in total. The molecule has 2 atom stereocenters. The second kappa shape index (κ2) is 18.4. The molecule has 7 aromatic rings. The van der Waals surface area contributed by atoms with E-state index in [1.165, 1.54) is 84.7 Å². The fourth-order valence-corrected chi connectivity index (χ4v) is 10.9. The normalized spacial score (nSPS) is 18.1. The summed E-state index contributed by atoms with van der Waals surface area (Å²) in [6, 6.07) is 62.1. The van der Waals surface area contributed by atoms with Gasteiger partial charge in [-0.3, -0.25) is 0 Å².